The lowest BCUT2D eigenvalue weighted by molar-refractivity contribution is 0.758. The minimum absolute atomic E-state index is 0.0726. The maximum Gasteiger partial charge on any atom is 0.0555 e. The number of hydrogen-bond acceptors (Lipinski definition) is 7. The van der Waals surface area contributed by atoms with Gasteiger partial charge >= 0.3 is 0 Å². The Morgan fingerprint density at radius 3 is 1.55 bits per heavy atom. The zero-order chi connectivity index (χ0) is 8.69. The smallest absolute Gasteiger partial charge is 0.0555 e. The second-order valence-electron chi connectivity index (χ2n) is 1.60. The minimum Gasteiger partial charge on any atom is -0.247 e. The highest BCUT2D eigenvalue weighted by Gasteiger charge is 1.99. The SMILES string of the molecule is SC(S)CSOSCC(S)S. The van der Waals surface area contributed by atoms with Crippen LogP contribution in [0.25, 0.3) is 0 Å². The van der Waals surface area contributed by atoms with E-state index in [2.05, 4.69) is 50.5 Å². The molecule has 0 aromatic heterocycles. The monoisotopic (exact) mass is 266 g/mol. The molecule has 0 aromatic carbocycles. The van der Waals surface area contributed by atoms with E-state index in [1.807, 2.05) is 0 Å². The molecule has 0 bridgehead atoms. The van der Waals surface area contributed by atoms with Gasteiger partial charge in [-0.25, -0.2) is 3.63 Å². The third kappa shape index (κ3) is 12.1. The molecule has 0 N–H and O–H groups in total. The van der Waals surface area contributed by atoms with Crippen molar-refractivity contribution in [3.63, 3.8) is 0 Å². The van der Waals surface area contributed by atoms with Gasteiger partial charge in [0.25, 0.3) is 0 Å². The fraction of sp³-hybridized carbons (Fsp3) is 1.00. The summed E-state index contributed by atoms with van der Waals surface area (Å²) in [5.74, 6) is 1.53. The maximum absolute atomic E-state index is 5.09. The van der Waals surface area contributed by atoms with Crippen LogP contribution in [0.2, 0.25) is 0 Å². The average Bonchev–Trinajstić information content (AvgIpc) is 1.85. The molecule has 0 aliphatic rings. The fourth-order valence-corrected chi connectivity index (χ4v) is 1.90. The molecule has 1 nitrogen and oxygen atoms in total. The standard InChI is InChI=1S/C4H10OS6/c6-3(7)1-10-5-11-2-4(8)9/h3-4,6-9H,1-2H2. The highest BCUT2D eigenvalue weighted by atomic mass is 32.2. The Morgan fingerprint density at radius 2 is 1.27 bits per heavy atom. The summed E-state index contributed by atoms with van der Waals surface area (Å²) in [7, 11) is 0. The lowest BCUT2D eigenvalue weighted by Gasteiger charge is -2.03. The Kier molecular flexibility index (Phi) is 10.3. The van der Waals surface area contributed by atoms with Gasteiger partial charge in [0, 0.05) is 35.6 Å². The quantitative estimate of drug-likeness (QED) is 0.255. The van der Waals surface area contributed by atoms with Gasteiger partial charge in [0.05, 0.1) is 9.16 Å². The van der Waals surface area contributed by atoms with E-state index in [-0.39, 0.29) is 9.16 Å². The average molecular weight is 267 g/mol. The van der Waals surface area contributed by atoms with Gasteiger partial charge in [-0.2, -0.15) is 50.5 Å². The van der Waals surface area contributed by atoms with Crippen LogP contribution in [-0.2, 0) is 3.63 Å². The van der Waals surface area contributed by atoms with Gasteiger partial charge in [-0.15, -0.1) is 0 Å². The maximum atomic E-state index is 5.09. The van der Waals surface area contributed by atoms with Gasteiger partial charge in [-0.3, -0.25) is 0 Å². The lowest BCUT2D eigenvalue weighted by atomic mass is 10.9. The predicted molar refractivity (Wildman–Crippen MR) is 69.5 cm³/mol. The van der Waals surface area contributed by atoms with Crippen molar-refractivity contribution in [2.24, 2.45) is 0 Å². The molecule has 68 valence electrons. The van der Waals surface area contributed by atoms with Crippen molar-refractivity contribution in [2.45, 2.75) is 9.16 Å². The van der Waals surface area contributed by atoms with Crippen molar-refractivity contribution in [1.82, 2.24) is 0 Å². The first kappa shape index (κ1) is 13.1. The van der Waals surface area contributed by atoms with Crippen molar-refractivity contribution in [2.75, 3.05) is 11.5 Å². The summed E-state index contributed by atoms with van der Waals surface area (Å²) in [6, 6.07) is 0. The van der Waals surface area contributed by atoms with Gasteiger partial charge in [0.1, 0.15) is 0 Å². The summed E-state index contributed by atoms with van der Waals surface area (Å²) < 4.78 is 5.24. The molecule has 0 spiro atoms. The van der Waals surface area contributed by atoms with E-state index in [0.717, 1.165) is 11.5 Å². The van der Waals surface area contributed by atoms with Crippen LogP contribution in [0.5, 0.6) is 0 Å². The molecule has 0 rings (SSSR count). The predicted octanol–water partition coefficient (Wildman–Crippen LogP) is 2.67. The Hall–Kier alpha value is 2.06. The Labute approximate surface area is 98.2 Å². The molecule has 0 radical (unpaired) electrons. The van der Waals surface area contributed by atoms with Crippen LogP contribution in [0.3, 0.4) is 0 Å². The van der Waals surface area contributed by atoms with Crippen molar-refractivity contribution in [3.8, 4) is 0 Å². The van der Waals surface area contributed by atoms with Gasteiger partial charge in [0.2, 0.25) is 0 Å². The molecule has 0 aliphatic carbocycles. The summed E-state index contributed by atoms with van der Waals surface area (Å²) in [6.45, 7) is 0. The molecule has 0 unspecified atom stereocenters. The van der Waals surface area contributed by atoms with E-state index in [0.29, 0.717) is 0 Å². The molecule has 0 atom stereocenters. The Morgan fingerprint density at radius 1 is 0.909 bits per heavy atom. The molecule has 0 fully saturated rings. The number of hydrogen-bond donors (Lipinski definition) is 4. The highest BCUT2D eigenvalue weighted by molar-refractivity contribution is 8.10. The van der Waals surface area contributed by atoms with Gasteiger partial charge < -0.3 is 0 Å². The van der Waals surface area contributed by atoms with E-state index in [1.165, 1.54) is 24.1 Å². The van der Waals surface area contributed by atoms with Gasteiger partial charge in [-0.05, 0) is 0 Å². The van der Waals surface area contributed by atoms with Gasteiger partial charge in [-0.1, -0.05) is 0 Å². The van der Waals surface area contributed by atoms with Gasteiger partial charge in [0.15, 0.2) is 0 Å². The first-order chi connectivity index (χ1) is 5.13. The summed E-state index contributed by atoms with van der Waals surface area (Å²) in [4.78, 5) is 0. The topological polar surface area (TPSA) is 9.23 Å². The van der Waals surface area contributed by atoms with Crippen molar-refractivity contribution < 1.29 is 3.63 Å². The molecule has 0 aliphatic heterocycles. The molecular formula is C4H10OS6. The number of rotatable bonds is 6. The molecular weight excluding hydrogens is 256 g/mol. The molecule has 0 heterocycles. The minimum atomic E-state index is 0.0726. The largest absolute Gasteiger partial charge is 0.247 e. The van der Waals surface area contributed by atoms with E-state index in [9.17, 15) is 0 Å². The summed E-state index contributed by atoms with van der Waals surface area (Å²) >= 11 is 19.0. The van der Waals surface area contributed by atoms with Crippen LogP contribution in [0.4, 0.5) is 0 Å². The zero-order valence-electron chi connectivity index (χ0n) is 5.58. The first-order valence-electron chi connectivity index (χ1n) is 2.76. The van der Waals surface area contributed by atoms with Crippen molar-refractivity contribution >= 4 is 74.6 Å². The Balaban J connectivity index is 2.91. The van der Waals surface area contributed by atoms with Crippen molar-refractivity contribution in [1.29, 1.82) is 0 Å². The third-order valence-corrected chi connectivity index (χ3v) is 3.96. The van der Waals surface area contributed by atoms with Crippen LogP contribution in [0, 0.1) is 0 Å². The first-order valence-corrected chi connectivity index (χ1v) is 6.65. The van der Waals surface area contributed by atoms with E-state index in [1.54, 1.807) is 0 Å². The van der Waals surface area contributed by atoms with Crippen LogP contribution >= 0.6 is 74.6 Å². The third-order valence-electron chi connectivity index (χ3n) is 0.530. The summed E-state index contributed by atoms with van der Waals surface area (Å²) in [5.41, 5.74) is 0. The number of thiol groups is 4. The van der Waals surface area contributed by atoms with Crippen LogP contribution < -0.4 is 0 Å². The molecule has 0 aromatic rings. The second-order valence-corrected chi connectivity index (χ2v) is 6.59. The van der Waals surface area contributed by atoms with E-state index >= 15 is 0 Å². The van der Waals surface area contributed by atoms with E-state index < -0.39 is 0 Å². The molecule has 7 heteroatoms. The highest BCUT2D eigenvalue weighted by Crippen LogP contribution is 2.20. The molecule has 11 heavy (non-hydrogen) atoms. The second kappa shape index (κ2) is 8.65. The summed E-state index contributed by atoms with van der Waals surface area (Å²) in [6.07, 6.45) is 0. The van der Waals surface area contributed by atoms with Crippen LogP contribution in [0.15, 0.2) is 0 Å². The van der Waals surface area contributed by atoms with Crippen LogP contribution in [-0.4, -0.2) is 20.7 Å². The Bertz CT molecular complexity index is 76.7. The van der Waals surface area contributed by atoms with Crippen LogP contribution in [0.1, 0.15) is 0 Å². The zero-order valence-corrected chi connectivity index (χ0v) is 10.8. The molecule has 0 saturated carbocycles. The molecule has 0 saturated heterocycles. The lowest BCUT2D eigenvalue weighted by Crippen LogP contribution is -1.93. The van der Waals surface area contributed by atoms with E-state index in [4.69, 9.17) is 3.63 Å². The normalized spacial score (nSPS) is 11.5. The summed E-state index contributed by atoms with van der Waals surface area (Å²) in [5, 5.41) is 0. The fourth-order valence-electron chi connectivity index (χ4n) is 0.211. The van der Waals surface area contributed by atoms with Crippen molar-refractivity contribution in [3.05, 3.63) is 0 Å². The molecule has 0 amide bonds.